The number of hydrogen-bond acceptors (Lipinski definition) is 3. The largest absolute Gasteiger partial charge is 0.336 e. The number of carbonyl (C=O) groups is 1. The van der Waals surface area contributed by atoms with Crippen LogP contribution >= 0.6 is 0 Å². The normalized spacial score (nSPS) is 18.2. The van der Waals surface area contributed by atoms with Crippen molar-refractivity contribution in [2.24, 2.45) is 0 Å². The first-order chi connectivity index (χ1) is 12.7. The Balaban J connectivity index is 1.60. The second-order valence-corrected chi connectivity index (χ2v) is 6.87. The standard InChI is InChI=1S/C20H23N5O/c1-16-13-22-23(14-16)15-18-9-5-11-24(18)20(26)19(25-12-6-10-21-25)17-7-3-2-4-8-17/h2-4,6-8,10,12-14,18-19H,5,9,11,15H2,1H3/t18-,19-/m1/s1. The van der Waals surface area contributed by atoms with Crippen molar-refractivity contribution in [3.05, 3.63) is 72.3 Å². The summed E-state index contributed by atoms with van der Waals surface area (Å²) in [5.41, 5.74) is 2.10. The van der Waals surface area contributed by atoms with Crippen LogP contribution in [0.25, 0.3) is 0 Å². The molecule has 26 heavy (non-hydrogen) atoms. The molecule has 6 heteroatoms. The molecule has 134 valence electrons. The molecular formula is C20H23N5O. The second-order valence-electron chi connectivity index (χ2n) is 6.87. The van der Waals surface area contributed by atoms with Gasteiger partial charge in [0.15, 0.2) is 6.04 Å². The number of benzene rings is 1. The fourth-order valence-electron chi connectivity index (χ4n) is 3.73. The lowest BCUT2D eigenvalue weighted by atomic mass is 10.1. The van der Waals surface area contributed by atoms with Crippen LogP contribution in [0.1, 0.15) is 30.0 Å². The maximum Gasteiger partial charge on any atom is 0.252 e. The van der Waals surface area contributed by atoms with Crippen molar-refractivity contribution in [1.82, 2.24) is 24.5 Å². The van der Waals surface area contributed by atoms with E-state index >= 15 is 0 Å². The van der Waals surface area contributed by atoms with E-state index in [1.807, 2.05) is 71.5 Å². The summed E-state index contributed by atoms with van der Waals surface area (Å²) in [4.78, 5) is 15.5. The molecule has 1 aliphatic heterocycles. The van der Waals surface area contributed by atoms with Crippen molar-refractivity contribution < 1.29 is 4.79 Å². The third-order valence-electron chi connectivity index (χ3n) is 4.96. The zero-order valence-electron chi connectivity index (χ0n) is 14.9. The number of nitrogens with zero attached hydrogens (tertiary/aromatic N) is 5. The molecule has 2 aromatic heterocycles. The number of likely N-dealkylation sites (tertiary alicyclic amines) is 1. The Hall–Kier alpha value is -2.89. The van der Waals surface area contributed by atoms with Crippen molar-refractivity contribution in [3.8, 4) is 0 Å². The molecule has 1 fully saturated rings. The zero-order valence-corrected chi connectivity index (χ0v) is 14.9. The first-order valence-electron chi connectivity index (χ1n) is 9.06. The highest BCUT2D eigenvalue weighted by molar-refractivity contribution is 5.84. The fourth-order valence-corrected chi connectivity index (χ4v) is 3.73. The number of amides is 1. The highest BCUT2D eigenvalue weighted by Gasteiger charge is 2.35. The zero-order chi connectivity index (χ0) is 17.9. The molecule has 0 radical (unpaired) electrons. The molecular weight excluding hydrogens is 326 g/mol. The third kappa shape index (κ3) is 3.27. The summed E-state index contributed by atoms with van der Waals surface area (Å²) < 4.78 is 3.70. The molecule has 3 heterocycles. The number of aryl methyl sites for hydroxylation is 1. The second kappa shape index (κ2) is 7.15. The molecule has 2 atom stereocenters. The third-order valence-corrected chi connectivity index (χ3v) is 4.96. The van der Waals surface area contributed by atoms with Gasteiger partial charge in [0.1, 0.15) is 0 Å². The maximum absolute atomic E-state index is 13.5. The smallest absolute Gasteiger partial charge is 0.252 e. The molecule has 1 saturated heterocycles. The summed E-state index contributed by atoms with van der Waals surface area (Å²) >= 11 is 0. The minimum Gasteiger partial charge on any atom is -0.336 e. The molecule has 1 aromatic carbocycles. The number of aromatic nitrogens is 4. The summed E-state index contributed by atoms with van der Waals surface area (Å²) in [7, 11) is 0. The summed E-state index contributed by atoms with van der Waals surface area (Å²) in [6.07, 6.45) is 9.50. The van der Waals surface area contributed by atoms with Crippen LogP contribution in [0.3, 0.4) is 0 Å². The highest BCUT2D eigenvalue weighted by Crippen LogP contribution is 2.26. The van der Waals surface area contributed by atoms with Gasteiger partial charge in [-0.2, -0.15) is 10.2 Å². The molecule has 0 aliphatic carbocycles. The van der Waals surface area contributed by atoms with Crippen molar-refractivity contribution in [2.75, 3.05) is 6.54 Å². The SMILES string of the molecule is Cc1cnn(C[C@H]2CCCN2C(=O)[C@@H](c2ccccc2)n2cccn2)c1. The van der Waals surface area contributed by atoms with Crippen LogP contribution in [0, 0.1) is 6.92 Å². The van der Waals surface area contributed by atoms with Crippen LogP contribution in [0.4, 0.5) is 0 Å². The molecule has 1 aliphatic rings. The molecule has 0 unspecified atom stereocenters. The van der Waals surface area contributed by atoms with E-state index in [1.54, 1.807) is 10.9 Å². The Bertz CT molecular complexity index is 855. The topological polar surface area (TPSA) is 56.0 Å². The van der Waals surface area contributed by atoms with Gasteiger partial charge in [-0.25, -0.2) is 0 Å². The Kier molecular flexibility index (Phi) is 4.56. The molecule has 6 nitrogen and oxygen atoms in total. The summed E-state index contributed by atoms with van der Waals surface area (Å²) in [5, 5.41) is 8.74. The first-order valence-corrected chi connectivity index (χ1v) is 9.06. The van der Waals surface area contributed by atoms with E-state index < -0.39 is 6.04 Å². The lowest BCUT2D eigenvalue weighted by Gasteiger charge is -2.29. The fraction of sp³-hybridized carbons (Fsp3) is 0.350. The van der Waals surface area contributed by atoms with Crippen molar-refractivity contribution in [3.63, 3.8) is 0 Å². The van der Waals surface area contributed by atoms with Crippen molar-refractivity contribution >= 4 is 5.91 Å². The minimum atomic E-state index is -0.425. The van der Waals surface area contributed by atoms with Gasteiger partial charge in [0, 0.05) is 25.1 Å². The lowest BCUT2D eigenvalue weighted by Crippen LogP contribution is -2.42. The molecule has 0 saturated carbocycles. The molecule has 3 aromatic rings. The first kappa shape index (κ1) is 16.6. The average molecular weight is 349 g/mol. The lowest BCUT2D eigenvalue weighted by molar-refractivity contribution is -0.134. The van der Waals surface area contributed by atoms with Gasteiger partial charge in [0.2, 0.25) is 0 Å². The van der Waals surface area contributed by atoms with Crippen molar-refractivity contribution in [2.45, 2.75) is 38.4 Å². The van der Waals surface area contributed by atoms with Gasteiger partial charge in [-0.05, 0) is 37.0 Å². The molecule has 1 amide bonds. The predicted octanol–water partition coefficient (Wildman–Crippen LogP) is 2.67. The molecule has 0 spiro atoms. The van der Waals surface area contributed by atoms with E-state index in [0.717, 1.165) is 37.1 Å². The quantitative estimate of drug-likeness (QED) is 0.712. The van der Waals surface area contributed by atoms with Crippen molar-refractivity contribution in [1.29, 1.82) is 0 Å². The van der Waals surface area contributed by atoms with Crippen LogP contribution in [-0.2, 0) is 11.3 Å². The van der Waals surface area contributed by atoms with E-state index in [2.05, 4.69) is 10.2 Å². The van der Waals surface area contributed by atoms with Gasteiger partial charge < -0.3 is 4.90 Å². The van der Waals surface area contributed by atoms with Crippen LogP contribution in [0.15, 0.2) is 61.2 Å². The van der Waals surface area contributed by atoms with E-state index in [1.165, 1.54) is 0 Å². The van der Waals surface area contributed by atoms with E-state index in [9.17, 15) is 4.79 Å². The van der Waals surface area contributed by atoms with E-state index in [4.69, 9.17) is 0 Å². The van der Waals surface area contributed by atoms with Crippen LogP contribution < -0.4 is 0 Å². The van der Waals surface area contributed by atoms with Crippen LogP contribution in [0.2, 0.25) is 0 Å². The summed E-state index contributed by atoms with van der Waals surface area (Å²) in [6, 6.07) is 11.5. The monoisotopic (exact) mass is 349 g/mol. The molecule has 0 bridgehead atoms. The Morgan fingerprint density at radius 3 is 2.77 bits per heavy atom. The van der Waals surface area contributed by atoms with E-state index in [-0.39, 0.29) is 11.9 Å². The summed E-state index contributed by atoms with van der Waals surface area (Å²) in [6.45, 7) is 3.55. The number of hydrogen-bond donors (Lipinski definition) is 0. The van der Waals surface area contributed by atoms with Crippen LogP contribution in [0.5, 0.6) is 0 Å². The number of carbonyl (C=O) groups excluding carboxylic acids is 1. The average Bonchev–Trinajstić information content (AvgIpc) is 3.39. The van der Waals surface area contributed by atoms with Gasteiger partial charge in [-0.1, -0.05) is 30.3 Å². The Morgan fingerprint density at radius 1 is 1.23 bits per heavy atom. The maximum atomic E-state index is 13.5. The predicted molar refractivity (Wildman–Crippen MR) is 98.5 cm³/mol. The Labute approximate surface area is 153 Å². The number of rotatable bonds is 5. The van der Waals surface area contributed by atoms with E-state index in [0.29, 0.717) is 0 Å². The van der Waals surface area contributed by atoms with Crippen LogP contribution in [-0.4, -0.2) is 43.0 Å². The highest BCUT2D eigenvalue weighted by atomic mass is 16.2. The van der Waals surface area contributed by atoms with Gasteiger partial charge in [0.25, 0.3) is 5.91 Å². The van der Waals surface area contributed by atoms with Gasteiger partial charge in [0.05, 0.1) is 18.8 Å². The van der Waals surface area contributed by atoms with Gasteiger partial charge >= 0.3 is 0 Å². The minimum absolute atomic E-state index is 0.103. The summed E-state index contributed by atoms with van der Waals surface area (Å²) in [5.74, 6) is 0.103. The van der Waals surface area contributed by atoms with Gasteiger partial charge in [-0.3, -0.25) is 14.2 Å². The molecule has 0 N–H and O–H groups in total. The molecule has 4 rings (SSSR count). The Morgan fingerprint density at radius 2 is 2.08 bits per heavy atom. The van der Waals surface area contributed by atoms with Gasteiger partial charge in [-0.15, -0.1) is 0 Å².